The molecule has 0 atom stereocenters. The van der Waals surface area contributed by atoms with E-state index in [1.807, 2.05) is 6.92 Å². The molecule has 0 heterocycles. The topological polar surface area (TPSA) is 96.9 Å². The van der Waals surface area contributed by atoms with Crippen LogP contribution in [0.5, 0.6) is 5.75 Å². The number of urea groups is 1. The van der Waals surface area contributed by atoms with Crippen molar-refractivity contribution >= 4 is 29.3 Å². The summed E-state index contributed by atoms with van der Waals surface area (Å²) in [5.74, 6) is -0.527. The first-order chi connectivity index (χ1) is 10.5. The second-order valence-electron chi connectivity index (χ2n) is 4.21. The molecule has 0 fully saturated rings. The number of carbonyl (C=O) groups is 2. The van der Waals surface area contributed by atoms with E-state index in [0.29, 0.717) is 36.3 Å². The largest absolute Gasteiger partial charge is 0.489 e. The highest BCUT2D eigenvalue weighted by atomic mass is 35.5. The van der Waals surface area contributed by atoms with Gasteiger partial charge in [0.15, 0.2) is 0 Å². The maximum Gasteiger partial charge on any atom is 0.319 e. The SMILES string of the molecule is CCOCCOc1ccc(Cl)cc1NC(=O)NCCC(=O)O. The van der Waals surface area contributed by atoms with Gasteiger partial charge >= 0.3 is 12.0 Å². The van der Waals surface area contributed by atoms with E-state index in [0.717, 1.165) is 0 Å². The number of carboxylic acids is 1. The average molecular weight is 331 g/mol. The minimum absolute atomic E-state index is 0.0300. The molecule has 0 saturated carbocycles. The van der Waals surface area contributed by atoms with E-state index in [1.165, 1.54) is 0 Å². The number of nitrogens with one attached hydrogen (secondary N) is 2. The molecule has 22 heavy (non-hydrogen) atoms. The Labute approximate surface area is 133 Å². The number of hydrogen-bond acceptors (Lipinski definition) is 4. The van der Waals surface area contributed by atoms with Crippen LogP contribution in [-0.2, 0) is 9.53 Å². The van der Waals surface area contributed by atoms with Crippen molar-refractivity contribution in [3.05, 3.63) is 23.2 Å². The molecule has 7 nitrogen and oxygen atoms in total. The second kappa shape index (κ2) is 9.86. The molecule has 0 bridgehead atoms. The van der Waals surface area contributed by atoms with Gasteiger partial charge in [0.2, 0.25) is 0 Å². The highest BCUT2D eigenvalue weighted by Gasteiger charge is 2.09. The van der Waals surface area contributed by atoms with Gasteiger partial charge in [-0.1, -0.05) is 11.6 Å². The molecule has 8 heteroatoms. The Bertz CT molecular complexity index is 510. The minimum atomic E-state index is -0.983. The van der Waals surface area contributed by atoms with Gasteiger partial charge in [0, 0.05) is 18.2 Å². The summed E-state index contributed by atoms with van der Waals surface area (Å²) in [4.78, 5) is 22.1. The van der Waals surface area contributed by atoms with Crippen LogP contribution in [0.2, 0.25) is 5.02 Å². The van der Waals surface area contributed by atoms with Gasteiger partial charge in [-0.05, 0) is 25.1 Å². The molecule has 0 aliphatic heterocycles. The van der Waals surface area contributed by atoms with Crippen LogP contribution < -0.4 is 15.4 Å². The second-order valence-corrected chi connectivity index (χ2v) is 4.65. The van der Waals surface area contributed by atoms with Crippen molar-refractivity contribution in [1.29, 1.82) is 0 Å². The van der Waals surface area contributed by atoms with Crippen LogP contribution in [0.3, 0.4) is 0 Å². The molecule has 1 aromatic rings. The Balaban J connectivity index is 2.57. The van der Waals surface area contributed by atoms with Crippen LogP contribution in [0.4, 0.5) is 10.5 Å². The third kappa shape index (κ3) is 7.14. The van der Waals surface area contributed by atoms with E-state index in [9.17, 15) is 9.59 Å². The van der Waals surface area contributed by atoms with Crippen LogP contribution in [-0.4, -0.2) is 43.5 Å². The van der Waals surface area contributed by atoms with E-state index >= 15 is 0 Å². The number of ether oxygens (including phenoxy) is 2. The number of hydrogen-bond donors (Lipinski definition) is 3. The normalized spacial score (nSPS) is 10.1. The molecule has 122 valence electrons. The summed E-state index contributed by atoms with van der Waals surface area (Å²) in [6.07, 6.45) is -0.152. The summed E-state index contributed by atoms with van der Waals surface area (Å²) in [6.45, 7) is 3.29. The zero-order valence-corrected chi connectivity index (χ0v) is 13.0. The zero-order valence-electron chi connectivity index (χ0n) is 12.2. The highest BCUT2D eigenvalue weighted by Crippen LogP contribution is 2.27. The molecule has 0 saturated heterocycles. The minimum Gasteiger partial charge on any atom is -0.489 e. The summed E-state index contributed by atoms with van der Waals surface area (Å²) in [7, 11) is 0. The maximum absolute atomic E-state index is 11.7. The van der Waals surface area contributed by atoms with Gasteiger partial charge in [-0.15, -0.1) is 0 Å². The number of amides is 2. The number of carboxylic acid groups (broad SMARTS) is 1. The molecule has 1 rings (SSSR count). The predicted octanol–water partition coefficient (Wildman–Crippen LogP) is 2.35. The first-order valence-electron chi connectivity index (χ1n) is 6.79. The Hall–Kier alpha value is -1.99. The Morgan fingerprint density at radius 1 is 1.32 bits per heavy atom. The lowest BCUT2D eigenvalue weighted by molar-refractivity contribution is -0.136. The molecule has 0 unspecified atom stereocenters. The van der Waals surface area contributed by atoms with Crippen molar-refractivity contribution in [3.8, 4) is 5.75 Å². The van der Waals surface area contributed by atoms with Crippen LogP contribution in [0.15, 0.2) is 18.2 Å². The molecule has 1 aromatic carbocycles. The summed E-state index contributed by atoms with van der Waals surface area (Å²) >= 11 is 5.90. The van der Waals surface area contributed by atoms with Crippen molar-refractivity contribution in [2.45, 2.75) is 13.3 Å². The number of benzene rings is 1. The fourth-order valence-corrected chi connectivity index (χ4v) is 1.70. The van der Waals surface area contributed by atoms with Crippen molar-refractivity contribution in [2.75, 3.05) is 31.7 Å². The van der Waals surface area contributed by atoms with Gasteiger partial charge in [-0.3, -0.25) is 4.79 Å². The smallest absolute Gasteiger partial charge is 0.319 e. The Morgan fingerprint density at radius 2 is 2.09 bits per heavy atom. The van der Waals surface area contributed by atoms with E-state index < -0.39 is 12.0 Å². The van der Waals surface area contributed by atoms with Crippen LogP contribution >= 0.6 is 11.6 Å². The summed E-state index contributed by atoms with van der Waals surface area (Å²) in [5.41, 5.74) is 0.400. The van der Waals surface area contributed by atoms with Gasteiger partial charge in [-0.25, -0.2) is 4.79 Å². The van der Waals surface area contributed by atoms with Crippen molar-refractivity contribution in [1.82, 2.24) is 5.32 Å². The molecule has 3 N–H and O–H groups in total. The first-order valence-corrected chi connectivity index (χ1v) is 7.17. The van der Waals surface area contributed by atoms with Gasteiger partial charge in [0.25, 0.3) is 0 Å². The molecule has 0 radical (unpaired) electrons. The zero-order chi connectivity index (χ0) is 16.4. The fraction of sp³-hybridized carbons (Fsp3) is 0.429. The van der Waals surface area contributed by atoms with Gasteiger partial charge < -0.3 is 25.2 Å². The Morgan fingerprint density at radius 3 is 2.77 bits per heavy atom. The standard InChI is InChI=1S/C14H19ClN2O5/c1-2-21-7-8-22-12-4-3-10(15)9-11(12)17-14(20)16-6-5-13(18)19/h3-4,9H,2,5-8H2,1H3,(H,18,19)(H2,16,17,20). The summed E-state index contributed by atoms with van der Waals surface area (Å²) in [5, 5.41) is 14.0. The van der Waals surface area contributed by atoms with Gasteiger partial charge in [-0.2, -0.15) is 0 Å². The van der Waals surface area contributed by atoms with E-state index in [2.05, 4.69) is 10.6 Å². The highest BCUT2D eigenvalue weighted by molar-refractivity contribution is 6.31. The monoisotopic (exact) mass is 330 g/mol. The third-order valence-corrected chi connectivity index (χ3v) is 2.74. The predicted molar refractivity (Wildman–Crippen MR) is 82.7 cm³/mol. The number of halogens is 1. The lowest BCUT2D eigenvalue weighted by Crippen LogP contribution is -2.30. The van der Waals surface area contributed by atoms with E-state index in [1.54, 1.807) is 18.2 Å². The number of anilines is 1. The average Bonchev–Trinajstić information content (AvgIpc) is 2.45. The molecule has 0 aromatic heterocycles. The van der Waals surface area contributed by atoms with Crippen LogP contribution in [0, 0.1) is 0 Å². The lowest BCUT2D eigenvalue weighted by Gasteiger charge is -2.13. The number of carbonyl (C=O) groups excluding carboxylic acids is 1. The molecule has 0 spiro atoms. The maximum atomic E-state index is 11.7. The van der Waals surface area contributed by atoms with Gasteiger partial charge in [0.05, 0.1) is 18.7 Å². The van der Waals surface area contributed by atoms with E-state index in [-0.39, 0.29) is 13.0 Å². The number of aliphatic carboxylic acids is 1. The van der Waals surface area contributed by atoms with E-state index in [4.69, 9.17) is 26.2 Å². The summed E-state index contributed by atoms with van der Waals surface area (Å²) < 4.78 is 10.7. The van der Waals surface area contributed by atoms with Crippen molar-refractivity contribution in [2.24, 2.45) is 0 Å². The van der Waals surface area contributed by atoms with Crippen molar-refractivity contribution in [3.63, 3.8) is 0 Å². The van der Waals surface area contributed by atoms with Crippen LogP contribution in [0.1, 0.15) is 13.3 Å². The first kappa shape index (κ1) is 18.1. The van der Waals surface area contributed by atoms with Crippen LogP contribution in [0.25, 0.3) is 0 Å². The Kier molecular flexibility index (Phi) is 8.09. The molecular formula is C14H19ClN2O5. The molecule has 0 aliphatic carbocycles. The fourth-order valence-electron chi connectivity index (χ4n) is 1.53. The molecular weight excluding hydrogens is 312 g/mol. The summed E-state index contributed by atoms with van der Waals surface area (Å²) in [6, 6.07) is 4.30. The lowest BCUT2D eigenvalue weighted by atomic mass is 10.3. The van der Waals surface area contributed by atoms with Crippen molar-refractivity contribution < 1.29 is 24.2 Å². The number of rotatable bonds is 9. The quantitative estimate of drug-likeness (QED) is 0.604. The molecule has 0 aliphatic rings. The van der Waals surface area contributed by atoms with Gasteiger partial charge in [0.1, 0.15) is 12.4 Å². The molecule has 2 amide bonds. The third-order valence-electron chi connectivity index (χ3n) is 2.50.